The van der Waals surface area contributed by atoms with E-state index < -0.39 is 0 Å². The molecular weight excluding hydrogens is 164 g/mol. The maximum atomic E-state index is 10.9. The van der Waals surface area contributed by atoms with Gasteiger partial charge < -0.3 is 4.74 Å². The number of rotatable bonds is 1. The summed E-state index contributed by atoms with van der Waals surface area (Å²) in [6, 6.07) is 8.05. The van der Waals surface area contributed by atoms with Crippen LogP contribution in [0.3, 0.4) is 0 Å². The molecule has 0 amide bonds. The van der Waals surface area contributed by atoms with Gasteiger partial charge in [-0.15, -0.1) is 0 Å². The highest BCUT2D eigenvalue weighted by Crippen LogP contribution is 2.30. The predicted molar refractivity (Wildman–Crippen MR) is 49.2 cm³/mol. The Morgan fingerprint density at radius 1 is 1.38 bits per heavy atom. The van der Waals surface area contributed by atoms with Gasteiger partial charge in [-0.1, -0.05) is 24.3 Å². The molecule has 1 atom stereocenters. The molecule has 13 heavy (non-hydrogen) atoms. The molecule has 1 unspecified atom stereocenters. The van der Waals surface area contributed by atoms with Crippen molar-refractivity contribution in [2.24, 2.45) is 0 Å². The van der Waals surface area contributed by atoms with Crippen LogP contribution in [0.4, 0.5) is 0 Å². The molecule has 0 saturated carbocycles. The van der Waals surface area contributed by atoms with Crippen molar-refractivity contribution in [3.63, 3.8) is 0 Å². The van der Waals surface area contributed by atoms with Gasteiger partial charge in [0.25, 0.3) is 0 Å². The van der Waals surface area contributed by atoms with Crippen molar-refractivity contribution < 1.29 is 9.53 Å². The van der Waals surface area contributed by atoms with Crippen LogP contribution in [0, 0.1) is 6.92 Å². The van der Waals surface area contributed by atoms with Gasteiger partial charge in [-0.3, -0.25) is 4.79 Å². The van der Waals surface area contributed by atoms with Crippen molar-refractivity contribution >= 4 is 5.97 Å². The molecule has 0 aliphatic carbocycles. The third-order valence-corrected chi connectivity index (χ3v) is 2.42. The third-order valence-electron chi connectivity index (χ3n) is 2.42. The minimum Gasteiger partial charge on any atom is -0.457 e. The first-order valence-corrected chi connectivity index (χ1v) is 4.52. The fourth-order valence-corrected chi connectivity index (χ4v) is 1.69. The van der Waals surface area contributed by atoms with Crippen LogP contribution in [0.25, 0.3) is 0 Å². The second kappa shape index (κ2) is 3.21. The van der Waals surface area contributed by atoms with Gasteiger partial charge >= 0.3 is 5.97 Å². The van der Waals surface area contributed by atoms with Crippen molar-refractivity contribution in [3.8, 4) is 0 Å². The number of hydrogen-bond acceptors (Lipinski definition) is 2. The Labute approximate surface area is 77.5 Å². The predicted octanol–water partition coefficient (Wildman–Crippen LogP) is 2.37. The van der Waals surface area contributed by atoms with Crippen molar-refractivity contribution in [1.82, 2.24) is 0 Å². The zero-order valence-corrected chi connectivity index (χ0v) is 7.62. The Balaban J connectivity index is 2.26. The molecule has 0 N–H and O–H groups in total. The molecule has 1 aliphatic rings. The summed E-state index contributed by atoms with van der Waals surface area (Å²) < 4.78 is 5.19. The van der Waals surface area contributed by atoms with E-state index in [9.17, 15) is 4.79 Å². The van der Waals surface area contributed by atoms with Crippen LogP contribution in [-0.4, -0.2) is 5.97 Å². The summed E-state index contributed by atoms with van der Waals surface area (Å²) >= 11 is 0. The molecule has 2 heteroatoms. The van der Waals surface area contributed by atoms with Crippen LogP contribution in [0.2, 0.25) is 0 Å². The van der Waals surface area contributed by atoms with E-state index >= 15 is 0 Å². The molecule has 0 spiro atoms. The average Bonchev–Trinajstić information content (AvgIpc) is 2.53. The summed E-state index contributed by atoms with van der Waals surface area (Å²) in [5.74, 6) is -0.0757. The van der Waals surface area contributed by atoms with Crippen molar-refractivity contribution in [2.45, 2.75) is 25.9 Å². The lowest BCUT2D eigenvalue weighted by atomic mass is 10.0. The van der Waals surface area contributed by atoms with Crippen LogP contribution in [-0.2, 0) is 9.53 Å². The smallest absolute Gasteiger partial charge is 0.306 e. The molecule has 68 valence electrons. The van der Waals surface area contributed by atoms with Crippen LogP contribution >= 0.6 is 0 Å². The van der Waals surface area contributed by atoms with Crippen LogP contribution in [0.15, 0.2) is 24.3 Å². The first-order chi connectivity index (χ1) is 6.27. The van der Waals surface area contributed by atoms with E-state index in [0.717, 1.165) is 12.0 Å². The summed E-state index contributed by atoms with van der Waals surface area (Å²) in [5.41, 5.74) is 2.34. The van der Waals surface area contributed by atoms with Gasteiger partial charge in [0, 0.05) is 6.42 Å². The van der Waals surface area contributed by atoms with E-state index in [1.807, 2.05) is 31.2 Å². The van der Waals surface area contributed by atoms with Gasteiger partial charge in [0.2, 0.25) is 0 Å². The van der Waals surface area contributed by atoms with Gasteiger partial charge in [-0.25, -0.2) is 0 Å². The summed E-state index contributed by atoms with van der Waals surface area (Å²) in [6.45, 7) is 2.04. The number of aryl methyl sites for hydroxylation is 1. The average molecular weight is 176 g/mol. The minimum atomic E-state index is -0.0757. The molecule has 1 heterocycles. The number of carbonyl (C=O) groups is 1. The first kappa shape index (κ1) is 8.30. The summed E-state index contributed by atoms with van der Waals surface area (Å²) in [4.78, 5) is 10.9. The van der Waals surface area contributed by atoms with Gasteiger partial charge in [-0.2, -0.15) is 0 Å². The zero-order chi connectivity index (χ0) is 9.26. The van der Waals surface area contributed by atoms with E-state index in [-0.39, 0.29) is 12.1 Å². The topological polar surface area (TPSA) is 26.3 Å². The Bertz CT molecular complexity index is 331. The van der Waals surface area contributed by atoms with E-state index in [1.165, 1.54) is 5.56 Å². The van der Waals surface area contributed by atoms with Crippen molar-refractivity contribution in [3.05, 3.63) is 35.4 Å². The highest BCUT2D eigenvalue weighted by Gasteiger charge is 2.25. The molecule has 1 aromatic rings. The summed E-state index contributed by atoms with van der Waals surface area (Å²) in [6.07, 6.45) is 1.37. The van der Waals surface area contributed by atoms with Crippen molar-refractivity contribution in [2.75, 3.05) is 0 Å². The Morgan fingerprint density at radius 3 is 2.77 bits per heavy atom. The lowest BCUT2D eigenvalue weighted by Gasteiger charge is -2.11. The third kappa shape index (κ3) is 1.57. The molecule has 0 aromatic heterocycles. The van der Waals surface area contributed by atoms with Gasteiger partial charge in [0.15, 0.2) is 0 Å². The fraction of sp³-hybridized carbons (Fsp3) is 0.364. The Kier molecular flexibility index (Phi) is 2.05. The molecule has 2 rings (SSSR count). The molecule has 1 fully saturated rings. The monoisotopic (exact) mass is 176 g/mol. The van der Waals surface area contributed by atoms with E-state index in [2.05, 4.69) is 0 Å². The van der Waals surface area contributed by atoms with Gasteiger partial charge in [-0.05, 0) is 24.5 Å². The van der Waals surface area contributed by atoms with Crippen LogP contribution < -0.4 is 0 Å². The molecule has 2 nitrogen and oxygen atoms in total. The van der Waals surface area contributed by atoms with E-state index in [0.29, 0.717) is 6.42 Å². The SMILES string of the molecule is Cc1ccccc1C1CCC(=O)O1. The first-order valence-electron chi connectivity index (χ1n) is 4.52. The highest BCUT2D eigenvalue weighted by molar-refractivity contribution is 5.71. The Morgan fingerprint density at radius 2 is 2.15 bits per heavy atom. The second-order valence-corrected chi connectivity index (χ2v) is 3.37. The number of carbonyl (C=O) groups excluding carboxylic acids is 1. The number of esters is 1. The van der Waals surface area contributed by atoms with Gasteiger partial charge in [0.05, 0.1) is 0 Å². The number of benzene rings is 1. The fourth-order valence-electron chi connectivity index (χ4n) is 1.69. The van der Waals surface area contributed by atoms with E-state index in [1.54, 1.807) is 0 Å². The molecule has 0 radical (unpaired) electrons. The molecule has 1 aromatic carbocycles. The Hall–Kier alpha value is -1.31. The molecule has 1 aliphatic heterocycles. The number of ether oxygens (including phenoxy) is 1. The standard InChI is InChI=1S/C11H12O2/c1-8-4-2-3-5-9(8)10-6-7-11(12)13-10/h2-5,10H,6-7H2,1H3. The maximum Gasteiger partial charge on any atom is 0.306 e. The molecule has 0 bridgehead atoms. The largest absolute Gasteiger partial charge is 0.457 e. The lowest BCUT2D eigenvalue weighted by Crippen LogP contribution is -2.00. The highest BCUT2D eigenvalue weighted by atomic mass is 16.5. The molecular formula is C11H12O2. The molecule has 1 saturated heterocycles. The van der Waals surface area contributed by atoms with Crippen LogP contribution in [0.5, 0.6) is 0 Å². The summed E-state index contributed by atoms with van der Waals surface area (Å²) in [5, 5.41) is 0. The second-order valence-electron chi connectivity index (χ2n) is 3.37. The quantitative estimate of drug-likeness (QED) is 0.614. The zero-order valence-electron chi connectivity index (χ0n) is 7.62. The number of cyclic esters (lactones) is 1. The lowest BCUT2D eigenvalue weighted by molar-refractivity contribution is -0.141. The summed E-state index contributed by atoms with van der Waals surface area (Å²) in [7, 11) is 0. The minimum absolute atomic E-state index is 0.00583. The van der Waals surface area contributed by atoms with Gasteiger partial charge in [0.1, 0.15) is 6.10 Å². The van der Waals surface area contributed by atoms with Crippen molar-refractivity contribution in [1.29, 1.82) is 0 Å². The number of hydrogen-bond donors (Lipinski definition) is 0. The van der Waals surface area contributed by atoms with E-state index in [4.69, 9.17) is 4.74 Å². The van der Waals surface area contributed by atoms with Crippen LogP contribution in [0.1, 0.15) is 30.1 Å². The normalized spacial score (nSPS) is 21.6. The maximum absolute atomic E-state index is 10.9.